The molecule has 0 unspecified atom stereocenters. The van der Waals surface area contributed by atoms with Gasteiger partial charge in [-0.3, -0.25) is 4.79 Å². The minimum atomic E-state index is 0.0124. The maximum Gasteiger partial charge on any atom is 0.217 e. The molecule has 0 saturated heterocycles. The number of hydrogen-bond donors (Lipinski definition) is 1. The van der Waals surface area contributed by atoms with Gasteiger partial charge in [-0.2, -0.15) is 0 Å². The molecule has 0 spiro atoms. The first-order chi connectivity index (χ1) is 7.80. The van der Waals surface area contributed by atoms with E-state index in [2.05, 4.69) is 57.3 Å². The molecule has 17 heavy (non-hydrogen) atoms. The summed E-state index contributed by atoms with van der Waals surface area (Å²) in [6, 6.07) is 0. The van der Waals surface area contributed by atoms with Crippen LogP contribution in [0, 0.1) is 11.3 Å². The Morgan fingerprint density at radius 2 is 1.94 bits per heavy atom. The molecule has 0 fully saturated rings. The van der Waals surface area contributed by atoms with Crippen molar-refractivity contribution in [3.63, 3.8) is 0 Å². The minimum Gasteiger partial charge on any atom is -0.352 e. The SMILES string of the molecule is CC(=O)NCC1=CC(C)(C)C=C(C(C)C)C=C1. The molecule has 1 rings (SSSR count). The number of carbonyl (C=O) groups excluding carboxylic acids is 1. The number of rotatable bonds is 3. The summed E-state index contributed by atoms with van der Waals surface area (Å²) in [5.74, 6) is 0.539. The van der Waals surface area contributed by atoms with Crippen LogP contribution in [0.5, 0.6) is 0 Å². The second-order valence-electron chi connectivity index (χ2n) is 5.58. The van der Waals surface area contributed by atoms with E-state index in [-0.39, 0.29) is 11.3 Å². The maximum atomic E-state index is 10.9. The number of nitrogens with one attached hydrogen (secondary N) is 1. The molecule has 0 heterocycles. The van der Waals surface area contributed by atoms with E-state index in [1.807, 2.05) is 0 Å². The molecule has 1 N–H and O–H groups in total. The van der Waals surface area contributed by atoms with Crippen molar-refractivity contribution in [3.8, 4) is 0 Å². The lowest BCUT2D eigenvalue weighted by molar-refractivity contribution is -0.118. The smallest absolute Gasteiger partial charge is 0.217 e. The van der Waals surface area contributed by atoms with Crippen molar-refractivity contribution in [1.82, 2.24) is 5.32 Å². The second-order valence-corrected chi connectivity index (χ2v) is 5.58. The van der Waals surface area contributed by atoms with Gasteiger partial charge in [0, 0.05) is 18.9 Å². The molecule has 0 aromatic heterocycles. The van der Waals surface area contributed by atoms with E-state index < -0.39 is 0 Å². The van der Waals surface area contributed by atoms with Crippen molar-refractivity contribution in [1.29, 1.82) is 0 Å². The highest BCUT2D eigenvalue weighted by Crippen LogP contribution is 2.29. The minimum absolute atomic E-state index is 0.0124. The quantitative estimate of drug-likeness (QED) is 0.796. The van der Waals surface area contributed by atoms with Crippen molar-refractivity contribution < 1.29 is 4.79 Å². The van der Waals surface area contributed by atoms with Crippen molar-refractivity contribution >= 4 is 5.91 Å². The molecule has 0 aromatic carbocycles. The summed E-state index contributed by atoms with van der Waals surface area (Å²) in [5, 5.41) is 2.84. The monoisotopic (exact) mass is 233 g/mol. The predicted octanol–water partition coefficient (Wildman–Crippen LogP) is 3.23. The van der Waals surface area contributed by atoms with Crippen LogP contribution < -0.4 is 5.32 Å². The highest BCUT2D eigenvalue weighted by Gasteiger charge is 2.16. The first kappa shape index (κ1) is 13.8. The van der Waals surface area contributed by atoms with Gasteiger partial charge in [0.05, 0.1) is 0 Å². The molecule has 0 bridgehead atoms. The third-order valence-electron chi connectivity index (χ3n) is 2.79. The molecule has 0 aromatic rings. The van der Waals surface area contributed by atoms with E-state index in [0.29, 0.717) is 12.5 Å². The third-order valence-corrected chi connectivity index (χ3v) is 2.79. The Balaban J connectivity index is 2.87. The number of hydrogen-bond acceptors (Lipinski definition) is 1. The van der Waals surface area contributed by atoms with Crippen LogP contribution in [-0.4, -0.2) is 12.5 Å². The van der Waals surface area contributed by atoms with Crippen LogP contribution in [0.15, 0.2) is 35.5 Å². The lowest BCUT2D eigenvalue weighted by Crippen LogP contribution is -2.22. The summed E-state index contributed by atoms with van der Waals surface area (Å²) in [6.45, 7) is 10.9. The average molecular weight is 233 g/mol. The molecule has 0 atom stereocenters. The van der Waals surface area contributed by atoms with Gasteiger partial charge in [0.1, 0.15) is 0 Å². The number of amides is 1. The van der Waals surface area contributed by atoms with Crippen LogP contribution in [0.2, 0.25) is 0 Å². The van der Waals surface area contributed by atoms with Crippen molar-refractivity contribution in [3.05, 3.63) is 35.5 Å². The van der Waals surface area contributed by atoms with Crippen LogP contribution >= 0.6 is 0 Å². The maximum absolute atomic E-state index is 10.9. The standard InChI is InChI=1S/C15H23NO/c1-11(2)14-7-6-13(10-16-12(3)17)8-15(4,5)9-14/h6-9,11H,10H2,1-5H3,(H,16,17). The topological polar surface area (TPSA) is 29.1 Å². The first-order valence-electron chi connectivity index (χ1n) is 6.17. The Labute approximate surface area is 104 Å². The summed E-state index contributed by atoms with van der Waals surface area (Å²) in [5.41, 5.74) is 2.55. The van der Waals surface area contributed by atoms with E-state index in [9.17, 15) is 4.79 Å². The summed E-state index contributed by atoms with van der Waals surface area (Å²) >= 11 is 0. The van der Waals surface area contributed by atoms with E-state index in [1.165, 1.54) is 5.57 Å². The lowest BCUT2D eigenvalue weighted by atomic mass is 9.88. The van der Waals surface area contributed by atoms with Crippen LogP contribution in [0.3, 0.4) is 0 Å². The highest BCUT2D eigenvalue weighted by atomic mass is 16.1. The van der Waals surface area contributed by atoms with Crippen LogP contribution in [0.25, 0.3) is 0 Å². The van der Waals surface area contributed by atoms with E-state index in [4.69, 9.17) is 0 Å². The summed E-state index contributed by atoms with van der Waals surface area (Å²) in [6.07, 6.45) is 8.79. The Hall–Kier alpha value is -1.31. The first-order valence-corrected chi connectivity index (χ1v) is 6.17. The zero-order chi connectivity index (χ0) is 13.1. The molecule has 1 amide bonds. The number of carbonyl (C=O) groups is 1. The van der Waals surface area contributed by atoms with Gasteiger partial charge in [0.2, 0.25) is 5.91 Å². The largest absolute Gasteiger partial charge is 0.352 e. The van der Waals surface area contributed by atoms with Gasteiger partial charge in [-0.25, -0.2) is 0 Å². The molecule has 94 valence electrons. The summed E-state index contributed by atoms with van der Waals surface area (Å²) in [7, 11) is 0. The molecule has 0 saturated carbocycles. The number of allylic oxidation sites excluding steroid dienone is 4. The fraction of sp³-hybridized carbons (Fsp3) is 0.533. The van der Waals surface area contributed by atoms with E-state index in [0.717, 1.165) is 5.57 Å². The Kier molecular flexibility index (Phi) is 4.33. The zero-order valence-corrected chi connectivity index (χ0v) is 11.5. The third kappa shape index (κ3) is 4.59. The van der Waals surface area contributed by atoms with Gasteiger partial charge in [-0.05, 0) is 17.1 Å². The molecule has 1 aliphatic rings. The summed E-state index contributed by atoms with van der Waals surface area (Å²) in [4.78, 5) is 10.9. The summed E-state index contributed by atoms with van der Waals surface area (Å²) < 4.78 is 0. The van der Waals surface area contributed by atoms with Crippen molar-refractivity contribution in [2.24, 2.45) is 11.3 Å². The Morgan fingerprint density at radius 3 is 2.47 bits per heavy atom. The molecule has 0 radical (unpaired) electrons. The predicted molar refractivity (Wildman–Crippen MR) is 72.6 cm³/mol. The second kappa shape index (κ2) is 5.35. The van der Waals surface area contributed by atoms with Crippen molar-refractivity contribution in [2.75, 3.05) is 6.54 Å². The van der Waals surface area contributed by atoms with Crippen molar-refractivity contribution in [2.45, 2.75) is 34.6 Å². The van der Waals surface area contributed by atoms with E-state index >= 15 is 0 Å². The zero-order valence-electron chi connectivity index (χ0n) is 11.5. The van der Waals surface area contributed by atoms with Crippen LogP contribution in [0.4, 0.5) is 0 Å². The molecule has 1 aliphatic carbocycles. The fourth-order valence-electron chi connectivity index (χ4n) is 1.94. The van der Waals surface area contributed by atoms with Gasteiger partial charge >= 0.3 is 0 Å². The van der Waals surface area contributed by atoms with Gasteiger partial charge < -0.3 is 5.32 Å². The molecule has 0 aliphatic heterocycles. The molecule has 2 nitrogen and oxygen atoms in total. The molecular weight excluding hydrogens is 210 g/mol. The normalized spacial score (nSPS) is 18.5. The molecule has 2 heteroatoms. The van der Waals surface area contributed by atoms with Gasteiger partial charge in [0.25, 0.3) is 0 Å². The lowest BCUT2D eigenvalue weighted by Gasteiger charge is -2.18. The Bertz CT molecular complexity index is 384. The highest BCUT2D eigenvalue weighted by molar-refractivity contribution is 5.73. The average Bonchev–Trinajstić information content (AvgIpc) is 2.33. The fourth-order valence-corrected chi connectivity index (χ4v) is 1.94. The Morgan fingerprint density at radius 1 is 1.29 bits per heavy atom. The van der Waals surface area contributed by atoms with Gasteiger partial charge in [-0.1, -0.05) is 52.0 Å². The molecular formula is C15H23NO. The van der Waals surface area contributed by atoms with Crippen LogP contribution in [-0.2, 0) is 4.79 Å². The van der Waals surface area contributed by atoms with Gasteiger partial charge in [0.15, 0.2) is 0 Å². The van der Waals surface area contributed by atoms with E-state index in [1.54, 1.807) is 6.92 Å². The van der Waals surface area contributed by atoms with Crippen LogP contribution in [0.1, 0.15) is 34.6 Å². The van der Waals surface area contributed by atoms with Gasteiger partial charge in [-0.15, -0.1) is 0 Å².